The molecule has 1 aromatic heterocycles. The molecule has 0 N–H and O–H groups in total. The van der Waals surface area contributed by atoms with Crippen molar-refractivity contribution in [2.24, 2.45) is 0 Å². The van der Waals surface area contributed by atoms with Gasteiger partial charge in [-0.05, 0) is 37.5 Å². The van der Waals surface area contributed by atoms with Crippen molar-refractivity contribution >= 4 is 27.5 Å². The summed E-state index contributed by atoms with van der Waals surface area (Å²) in [6, 6.07) is 5.92. The van der Waals surface area contributed by atoms with Gasteiger partial charge in [-0.2, -0.15) is 0 Å². The monoisotopic (exact) mass is 302 g/mol. The van der Waals surface area contributed by atoms with E-state index >= 15 is 0 Å². The average Bonchev–Trinajstić information content (AvgIpc) is 2.90. The zero-order chi connectivity index (χ0) is 15.0. The van der Waals surface area contributed by atoms with E-state index < -0.39 is 0 Å². The zero-order valence-electron chi connectivity index (χ0n) is 13.0. The molecule has 4 heteroatoms. The first-order chi connectivity index (χ1) is 9.95. The predicted octanol–water partition coefficient (Wildman–Crippen LogP) is 4.22. The van der Waals surface area contributed by atoms with Gasteiger partial charge >= 0.3 is 0 Å². The van der Waals surface area contributed by atoms with E-state index in [1.807, 2.05) is 23.1 Å². The fourth-order valence-electron chi connectivity index (χ4n) is 2.66. The third-order valence-corrected chi connectivity index (χ3v) is 5.36. The fraction of sp³-hybridized carbons (Fsp3) is 0.529. The molecule has 0 atom stereocenters. The number of benzene rings is 1. The van der Waals surface area contributed by atoms with Crippen LogP contribution in [-0.2, 0) is 5.41 Å². The van der Waals surface area contributed by atoms with Gasteiger partial charge in [0.2, 0.25) is 0 Å². The summed E-state index contributed by atoms with van der Waals surface area (Å²) >= 11 is 1.70. The molecule has 0 radical (unpaired) electrons. The summed E-state index contributed by atoms with van der Waals surface area (Å²) in [7, 11) is 0. The number of nitrogens with zero attached hydrogens (tertiary/aromatic N) is 2. The van der Waals surface area contributed by atoms with Gasteiger partial charge in [-0.1, -0.05) is 20.8 Å². The number of hydrogen-bond acceptors (Lipinski definition) is 3. The highest BCUT2D eigenvalue weighted by Crippen LogP contribution is 2.31. The molecule has 1 saturated heterocycles. The number of hydrogen-bond donors (Lipinski definition) is 0. The molecule has 21 heavy (non-hydrogen) atoms. The highest BCUT2D eigenvalue weighted by molar-refractivity contribution is 7.18. The van der Waals surface area contributed by atoms with E-state index in [4.69, 9.17) is 4.98 Å². The number of carbonyl (C=O) groups is 1. The van der Waals surface area contributed by atoms with Crippen molar-refractivity contribution in [1.82, 2.24) is 9.88 Å². The van der Waals surface area contributed by atoms with Crippen LogP contribution in [0.2, 0.25) is 0 Å². The number of rotatable bonds is 1. The second-order valence-corrected chi connectivity index (χ2v) is 7.84. The molecule has 0 unspecified atom stereocenters. The predicted molar refractivity (Wildman–Crippen MR) is 88.1 cm³/mol. The summed E-state index contributed by atoms with van der Waals surface area (Å²) in [4.78, 5) is 19.2. The Morgan fingerprint density at radius 1 is 1.19 bits per heavy atom. The quantitative estimate of drug-likeness (QED) is 0.790. The Kier molecular flexibility index (Phi) is 3.74. The van der Waals surface area contributed by atoms with Gasteiger partial charge in [0.1, 0.15) is 0 Å². The van der Waals surface area contributed by atoms with E-state index in [1.165, 1.54) is 6.42 Å². The molecule has 3 nitrogen and oxygen atoms in total. The molecule has 0 aliphatic carbocycles. The first-order valence-corrected chi connectivity index (χ1v) is 8.47. The van der Waals surface area contributed by atoms with Gasteiger partial charge in [-0.25, -0.2) is 4.98 Å². The van der Waals surface area contributed by atoms with Gasteiger partial charge in [0.15, 0.2) is 0 Å². The van der Waals surface area contributed by atoms with E-state index in [-0.39, 0.29) is 11.3 Å². The molecule has 112 valence electrons. The largest absolute Gasteiger partial charge is 0.339 e. The van der Waals surface area contributed by atoms with Crippen LogP contribution >= 0.6 is 11.3 Å². The number of likely N-dealkylation sites (tertiary alicyclic amines) is 1. The minimum atomic E-state index is 0.0563. The molecular formula is C17H22N2OS. The Morgan fingerprint density at radius 3 is 2.57 bits per heavy atom. The van der Waals surface area contributed by atoms with Crippen LogP contribution < -0.4 is 0 Å². The zero-order valence-corrected chi connectivity index (χ0v) is 13.8. The minimum absolute atomic E-state index is 0.0563. The van der Waals surface area contributed by atoms with Gasteiger partial charge < -0.3 is 4.90 Å². The molecule has 1 fully saturated rings. The van der Waals surface area contributed by atoms with E-state index in [2.05, 4.69) is 20.8 Å². The van der Waals surface area contributed by atoms with E-state index in [1.54, 1.807) is 11.3 Å². The first kappa shape index (κ1) is 14.5. The maximum absolute atomic E-state index is 12.6. The van der Waals surface area contributed by atoms with Crippen LogP contribution in [0.1, 0.15) is 55.4 Å². The van der Waals surface area contributed by atoms with Gasteiger partial charge in [-0.3, -0.25) is 4.79 Å². The van der Waals surface area contributed by atoms with Crippen molar-refractivity contribution < 1.29 is 4.79 Å². The summed E-state index contributed by atoms with van der Waals surface area (Å²) in [5, 5.41) is 1.13. The Hall–Kier alpha value is -1.42. The van der Waals surface area contributed by atoms with Gasteiger partial charge in [0.25, 0.3) is 5.91 Å². The number of carbonyl (C=O) groups excluding carboxylic acids is 1. The van der Waals surface area contributed by atoms with Crippen LogP contribution in [0.5, 0.6) is 0 Å². The highest BCUT2D eigenvalue weighted by Gasteiger charge is 2.21. The second-order valence-electron chi connectivity index (χ2n) is 6.80. The molecule has 2 aromatic rings. The van der Waals surface area contributed by atoms with Gasteiger partial charge in [0.05, 0.1) is 15.2 Å². The summed E-state index contributed by atoms with van der Waals surface area (Å²) in [6.07, 6.45) is 3.50. The topological polar surface area (TPSA) is 33.2 Å². The van der Waals surface area contributed by atoms with E-state index in [9.17, 15) is 4.79 Å². The minimum Gasteiger partial charge on any atom is -0.339 e. The first-order valence-electron chi connectivity index (χ1n) is 7.65. The Bertz CT molecular complexity index is 663. The molecular weight excluding hydrogens is 280 g/mol. The summed E-state index contributed by atoms with van der Waals surface area (Å²) < 4.78 is 1.11. The maximum Gasteiger partial charge on any atom is 0.253 e. The van der Waals surface area contributed by atoms with Crippen molar-refractivity contribution in [2.75, 3.05) is 13.1 Å². The smallest absolute Gasteiger partial charge is 0.253 e. The molecule has 0 bridgehead atoms. The number of piperidine rings is 1. The lowest BCUT2D eigenvalue weighted by molar-refractivity contribution is 0.0724. The van der Waals surface area contributed by atoms with Gasteiger partial charge in [-0.15, -0.1) is 11.3 Å². The van der Waals surface area contributed by atoms with E-state index in [0.717, 1.165) is 46.7 Å². The van der Waals surface area contributed by atoms with Crippen LogP contribution in [0, 0.1) is 0 Å². The molecule has 2 heterocycles. The Balaban J connectivity index is 1.91. The third-order valence-electron chi connectivity index (χ3n) is 3.92. The van der Waals surface area contributed by atoms with Crippen molar-refractivity contribution in [1.29, 1.82) is 0 Å². The van der Waals surface area contributed by atoms with Crippen molar-refractivity contribution in [2.45, 2.75) is 45.4 Å². The number of aromatic nitrogens is 1. The van der Waals surface area contributed by atoms with Crippen molar-refractivity contribution in [3.05, 3.63) is 28.8 Å². The Labute approximate surface area is 130 Å². The lowest BCUT2D eigenvalue weighted by Crippen LogP contribution is -2.35. The average molecular weight is 302 g/mol. The van der Waals surface area contributed by atoms with Crippen LogP contribution in [0.3, 0.4) is 0 Å². The second kappa shape index (κ2) is 5.41. The van der Waals surface area contributed by atoms with E-state index in [0.29, 0.717) is 0 Å². The van der Waals surface area contributed by atoms with Crippen LogP contribution in [0.15, 0.2) is 18.2 Å². The summed E-state index contributed by atoms with van der Waals surface area (Å²) in [5.41, 5.74) is 1.86. The number of fused-ring (bicyclic) bond motifs is 1. The summed E-state index contributed by atoms with van der Waals surface area (Å²) in [6.45, 7) is 8.30. The van der Waals surface area contributed by atoms with Gasteiger partial charge in [0, 0.05) is 24.1 Å². The molecule has 0 saturated carbocycles. The van der Waals surface area contributed by atoms with Crippen molar-refractivity contribution in [3.8, 4) is 0 Å². The lowest BCUT2D eigenvalue weighted by atomic mass is 9.98. The molecule has 1 aliphatic heterocycles. The molecule has 1 aromatic carbocycles. The van der Waals surface area contributed by atoms with Crippen LogP contribution in [-0.4, -0.2) is 28.9 Å². The molecule has 3 rings (SSSR count). The normalized spacial score (nSPS) is 16.4. The summed E-state index contributed by atoms with van der Waals surface area (Å²) in [5.74, 6) is 0.169. The third kappa shape index (κ3) is 2.95. The highest BCUT2D eigenvalue weighted by atomic mass is 32.1. The lowest BCUT2D eigenvalue weighted by Gasteiger charge is -2.26. The SMILES string of the molecule is CC(C)(C)c1nc2ccc(C(=O)N3CCCCC3)cc2s1. The van der Waals surface area contributed by atoms with Crippen molar-refractivity contribution in [3.63, 3.8) is 0 Å². The molecule has 0 spiro atoms. The standard InChI is InChI=1S/C17H22N2OS/c1-17(2,3)16-18-13-8-7-12(11-14(13)21-16)15(20)19-9-5-4-6-10-19/h7-8,11H,4-6,9-10H2,1-3H3. The number of thiazole rings is 1. The van der Waals surface area contributed by atoms with Crippen LogP contribution in [0.4, 0.5) is 0 Å². The maximum atomic E-state index is 12.6. The molecule has 1 aliphatic rings. The van der Waals surface area contributed by atoms with Crippen LogP contribution in [0.25, 0.3) is 10.2 Å². The Morgan fingerprint density at radius 2 is 1.90 bits per heavy atom. The molecule has 1 amide bonds. The number of amides is 1. The fourth-order valence-corrected chi connectivity index (χ4v) is 3.72.